The van der Waals surface area contributed by atoms with Gasteiger partial charge in [-0.2, -0.15) is 0 Å². The lowest BCUT2D eigenvalue weighted by Crippen LogP contribution is -2.48. The SMILES string of the molecule is COC(=O)O[C@H]1CC[C@H]2[C@@H]3CCC4=C[C@H](O)CC[C@@H]4[C@H]3CC[C@]12C. The predicted octanol–water partition coefficient (Wildman–Crippen LogP) is 4.07. The van der Waals surface area contributed by atoms with Crippen molar-refractivity contribution in [1.29, 1.82) is 0 Å². The van der Waals surface area contributed by atoms with E-state index in [-0.39, 0.29) is 17.6 Å². The molecule has 0 unspecified atom stereocenters. The summed E-state index contributed by atoms with van der Waals surface area (Å²) in [4.78, 5) is 11.6. The third kappa shape index (κ3) is 2.49. The van der Waals surface area contributed by atoms with Gasteiger partial charge in [0.25, 0.3) is 0 Å². The first-order valence-electron chi connectivity index (χ1n) is 9.66. The van der Waals surface area contributed by atoms with Gasteiger partial charge in [0.15, 0.2) is 0 Å². The van der Waals surface area contributed by atoms with Crippen LogP contribution < -0.4 is 0 Å². The zero-order valence-electron chi connectivity index (χ0n) is 14.9. The van der Waals surface area contributed by atoms with Crippen molar-refractivity contribution < 1.29 is 19.4 Å². The van der Waals surface area contributed by atoms with Gasteiger partial charge in [0.05, 0.1) is 13.2 Å². The molecule has 1 N–H and O–H groups in total. The monoisotopic (exact) mass is 334 g/mol. The van der Waals surface area contributed by atoms with Crippen molar-refractivity contribution in [2.24, 2.45) is 29.1 Å². The summed E-state index contributed by atoms with van der Waals surface area (Å²) >= 11 is 0. The van der Waals surface area contributed by atoms with Gasteiger partial charge in [-0.15, -0.1) is 0 Å². The summed E-state index contributed by atoms with van der Waals surface area (Å²) in [5.41, 5.74) is 1.64. The highest BCUT2D eigenvalue weighted by atomic mass is 16.7. The van der Waals surface area contributed by atoms with E-state index in [0.717, 1.165) is 43.9 Å². The smallest absolute Gasteiger partial charge is 0.438 e. The van der Waals surface area contributed by atoms with E-state index in [1.54, 1.807) is 0 Å². The van der Waals surface area contributed by atoms with Crippen LogP contribution in [0.15, 0.2) is 11.6 Å². The minimum Gasteiger partial charge on any atom is -0.438 e. The van der Waals surface area contributed by atoms with E-state index >= 15 is 0 Å². The van der Waals surface area contributed by atoms with Crippen LogP contribution in [-0.4, -0.2) is 30.6 Å². The highest BCUT2D eigenvalue weighted by Gasteiger charge is 2.57. The Morgan fingerprint density at radius 3 is 2.79 bits per heavy atom. The number of hydrogen-bond donors (Lipinski definition) is 1. The number of carbonyl (C=O) groups is 1. The van der Waals surface area contributed by atoms with Crippen LogP contribution in [0.25, 0.3) is 0 Å². The average molecular weight is 334 g/mol. The van der Waals surface area contributed by atoms with Gasteiger partial charge >= 0.3 is 6.16 Å². The molecule has 134 valence electrons. The number of aliphatic hydroxyl groups is 1. The number of hydrogen-bond acceptors (Lipinski definition) is 4. The number of ether oxygens (including phenoxy) is 2. The second-order valence-electron chi connectivity index (χ2n) is 8.65. The Balaban J connectivity index is 1.53. The molecule has 0 spiro atoms. The highest BCUT2D eigenvalue weighted by molar-refractivity contribution is 5.60. The summed E-state index contributed by atoms with van der Waals surface area (Å²) in [5.74, 6) is 2.89. The van der Waals surface area contributed by atoms with E-state index in [1.165, 1.54) is 31.9 Å². The minimum atomic E-state index is -0.529. The number of allylic oxidation sites excluding steroid dienone is 1. The Labute approximate surface area is 144 Å². The Morgan fingerprint density at radius 2 is 2.00 bits per heavy atom. The summed E-state index contributed by atoms with van der Waals surface area (Å²) in [6.45, 7) is 2.34. The molecule has 0 saturated heterocycles. The third-order valence-electron chi connectivity index (χ3n) is 7.75. The molecule has 0 aromatic heterocycles. The fraction of sp³-hybridized carbons (Fsp3) is 0.850. The third-order valence-corrected chi connectivity index (χ3v) is 7.75. The Hall–Kier alpha value is -1.03. The lowest BCUT2D eigenvalue weighted by Gasteiger charge is -2.53. The predicted molar refractivity (Wildman–Crippen MR) is 90.4 cm³/mol. The molecule has 0 amide bonds. The summed E-state index contributed by atoms with van der Waals surface area (Å²) in [6.07, 6.45) is 10.4. The van der Waals surface area contributed by atoms with Crippen LogP contribution in [-0.2, 0) is 9.47 Å². The van der Waals surface area contributed by atoms with Gasteiger partial charge in [-0.25, -0.2) is 4.79 Å². The van der Waals surface area contributed by atoms with Crippen molar-refractivity contribution in [1.82, 2.24) is 0 Å². The molecule has 4 aliphatic carbocycles. The molecule has 4 nitrogen and oxygen atoms in total. The van der Waals surface area contributed by atoms with E-state index < -0.39 is 6.16 Å². The van der Waals surface area contributed by atoms with Crippen LogP contribution in [0.1, 0.15) is 58.3 Å². The first-order chi connectivity index (χ1) is 11.5. The van der Waals surface area contributed by atoms with Gasteiger partial charge in [-0.1, -0.05) is 18.6 Å². The quantitative estimate of drug-likeness (QED) is 0.580. The molecule has 3 saturated carbocycles. The molecule has 4 rings (SSSR count). The normalized spacial score (nSPS) is 47.0. The first kappa shape index (κ1) is 16.4. The second kappa shape index (κ2) is 6.05. The highest BCUT2D eigenvalue weighted by Crippen LogP contribution is 2.62. The summed E-state index contributed by atoms with van der Waals surface area (Å²) < 4.78 is 10.4. The molecule has 3 fully saturated rings. The Kier molecular flexibility index (Phi) is 4.14. The molecule has 4 heteroatoms. The van der Waals surface area contributed by atoms with Gasteiger partial charge in [-0.3, -0.25) is 0 Å². The molecule has 0 bridgehead atoms. The maximum Gasteiger partial charge on any atom is 0.508 e. The molecule has 0 aromatic rings. The van der Waals surface area contributed by atoms with E-state index in [1.807, 2.05) is 0 Å². The molecule has 24 heavy (non-hydrogen) atoms. The first-order valence-corrected chi connectivity index (χ1v) is 9.66. The topological polar surface area (TPSA) is 55.8 Å². The van der Waals surface area contributed by atoms with Gasteiger partial charge in [-0.05, 0) is 75.0 Å². The van der Waals surface area contributed by atoms with Crippen LogP contribution in [0.5, 0.6) is 0 Å². The van der Waals surface area contributed by atoms with Gasteiger partial charge < -0.3 is 14.6 Å². The minimum absolute atomic E-state index is 0.0148. The molecule has 4 aliphatic rings. The molecule has 0 radical (unpaired) electrons. The van der Waals surface area contributed by atoms with Crippen LogP contribution >= 0.6 is 0 Å². The number of fused-ring (bicyclic) bond motifs is 5. The lowest BCUT2D eigenvalue weighted by molar-refractivity contribution is -0.0709. The van der Waals surface area contributed by atoms with E-state index in [0.29, 0.717) is 11.8 Å². The van der Waals surface area contributed by atoms with Crippen molar-refractivity contribution in [2.75, 3.05) is 7.11 Å². The van der Waals surface area contributed by atoms with Crippen LogP contribution in [0, 0.1) is 29.1 Å². The zero-order chi connectivity index (χ0) is 16.9. The van der Waals surface area contributed by atoms with Crippen molar-refractivity contribution in [2.45, 2.75) is 70.5 Å². The number of rotatable bonds is 1. The number of aliphatic hydroxyl groups excluding tert-OH is 1. The maximum absolute atomic E-state index is 11.6. The Morgan fingerprint density at radius 1 is 1.17 bits per heavy atom. The number of carbonyl (C=O) groups excluding carboxylic acids is 1. The number of methoxy groups -OCH3 is 1. The van der Waals surface area contributed by atoms with E-state index in [9.17, 15) is 9.90 Å². The largest absolute Gasteiger partial charge is 0.508 e. The van der Waals surface area contributed by atoms with Gasteiger partial charge in [0, 0.05) is 5.41 Å². The standard InChI is InChI=1S/C20H30O4/c1-20-10-9-15-14-6-4-13(21)11-12(14)3-5-16(15)17(20)7-8-18(20)24-19(22)23-2/h11,13-18,21H,3-10H2,1-2H3/t13-,14+,15-,16-,17+,18+,20+/m1/s1. The van der Waals surface area contributed by atoms with Crippen molar-refractivity contribution in [3.63, 3.8) is 0 Å². The summed E-state index contributed by atoms with van der Waals surface area (Å²) in [6, 6.07) is 0. The summed E-state index contributed by atoms with van der Waals surface area (Å²) in [7, 11) is 1.39. The van der Waals surface area contributed by atoms with E-state index in [2.05, 4.69) is 13.0 Å². The molecule has 0 aliphatic heterocycles. The van der Waals surface area contributed by atoms with Crippen LogP contribution in [0.3, 0.4) is 0 Å². The fourth-order valence-electron chi connectivity index (χ4n) is 6.62. The van der Waals surface area contributed by atoms with Crippen molar-refractivity contribution >= 4 is 6.16 Å². The van der Waals surface area contributed by atoms with Crippen LogP contribution in [0.4, 0.5) is 4.79 Å². The van der Waals surface area contributed by atoms with Gasteiger partial charge in [0.1, 0.15) is 6.10 Å². The average Bonchev–Trinajstić information content (AvgIpc) is 2.90. The van der Waals surface area contributed by atoms with E-state index in [4.69, 9.17) is 9.47 Å². The Bertz CT molecular complexity index is 542. The molecular weight excluding hydrogens is 304 g/mol. The van der Waals surface area contributed by atoms with Crippen molar-refractivity contribution in [3.05, 3.63) is 11.6 Å². The lowest BCUT2D eigenvalue weighted by atomic mass is 9.52. The second-order valence-corrected chi connectivity index (χ2v) is 8.65. The van der Waals surface area contributed by atoms with Gasteiger partial charge in [0.2, 0.25) is 0 Å². The van der Waals surface area contributed by atoms with Crippen molar-refractivity contribution in [3.8, 4) is 0 Å². The maximum atomic E-state index is 11.6. The van der Waals surface area contributed by atoms with Crippen LogP contribution in [0.2, 0.25) is 0 Å². The molecule has 0 heterocycles. The molecule has 0 aromatic carbocycles. The molecular formula is C20H30O4. The fourth-order valence-corrected chi connectivity index (χ4v) is 6.62. The summed E-state index contributed by atoms with van der Waals surface area (Å²) in [5, 5.41) is 9.94. The molecule has 7 atom stereocenters. The zero-order valence-corrected chi connectivity index (χ0v) is 14.9.